The molecule has 58 valence electrons. The van der Waals surface area contributed by atoms with Crippen LogP contribution < -0.4 is 4.68 Å². The van der Waals surface area contributed by atoms with Crippen molar-refractivity contribution in [2.75, 3.05) is 0 Å². The van der Waals surface area contributed by atoms with E-state index in [2.05, 4.69) is 16.7 Å². The molecule has 1 aromatic heterocycles. The highest BCUT2D eigenvalue weighted by Gasteiger charge is 1.99. The van der Waals surface area contributed by atoms with E-state index in [1.165, 1.54) is 0 Å². The molecule has 4 heteroatoms. The van der Waals surface area contributed by atoms with Crippen LogP contribution in [-0.4, -0.2) is 15.4 Å². The second-order valence-corrected chi connectivity index (χ2v) is 2.07. The average molecular weight is 143 g/mol. The molecule has 1 rings (SSSR count). The third kappa shape index (κ3) is 1.80. The summed E-state index contributed by atoms with van der Waals surface area (Å²) in [6.07, 6.45) is 4.93. The van der Waals surface area contributed by atoms with Crippen molar-refractivity contribution in [3.63, 3.8) is 0 Å². The quantitative estimate of drug-likeness (QED) is 0.544. The van der Waals surface area contributed by atoms with Crippen molar-refractivity contribution in [3.05, 3.63) is 12.4 Å². The summed E-state index contributed by atoms with van der Waals surface area (Å²) in [5.41, 5.74) is 0. The first-order valence-corrected chi connectivity index (χ1v) is 3.22. The van der Waals surface area contributed by atoms with Gasteiger partial charge in [0.1, 0.15) is 6.54 Å². The van der Waals surface area contributed by atoms with E-state index in [0.717, 1.165) is 13.0 Å². The fourth-order valence-electron chi connectivity index (χ4n) is 0.814. The summed E-state index contributed by atoms with van der Waals surface area (Å²) < 4.78 is 2.07. The number of nitrogens with zero attached hydrogens (tertiary/aromatic N) is 3. The Labute approximate surface area is 60.4 Å². The SMILES string of the molecule is CCC[n+]1ccnn1C.[OH-]. The van der Waals surface area contributed by atoms with Crippen LogP contribution in [-0.2, 0) is 13.6 Å². The van der Waals surface area contributed by atoms with Gasteiger partial charge in [0.15, 0.2) is 6.20 Å². The van der Waals surface area contributed by atoms with Gasteiger partial charge < -0.3 is 5.48 Å². The third-order valence-corrected chi connectivity index (χ3v) is 1.30. The van der Waals surface area contributed by atoms with Crippen molar-refractivity contribution in [2.24, 2.45) is 7.05 Å². The number of rotatable bonds is 2. The molecule has 0 spiro atoms. The molecule has 1 aromatic rings. The minimum atomic E-state index is 0. The van der Waals surface area contributed by atoms with Crippen LogP contribution >= 0.6 is 0 Å². The fraction of sp³-hybridized carbons (Fsp3) is 0.667. The van der Waals surface area contributed by atoms with Crippen molar-refractivity contribution in [2.45, 2.75) is 19.9 Å². The van der Waals surface area contributed by atoms with Crippen LogP contribution in [0.1, 0.15) is 13.3 Å². The molecule has 1 N–H and O–H groups in total. The summed E-state index contributed by atoms with van der Waals surface area (Å²) in [4.78, 5) is 1.84. The Kier molecular flexibility index (Phi) is 3.64. The lowest BCUT2D eigenvalue weighted by molar-refractivity contribution is -0.777. The number of hydrogen-bond acceptors (Lipinski definition) is 2. The molecular weight excluding hydrogens is 130 g/mol. The Bertz CT molecular complexity index is 185. The predicted molar refractivity (Wildman–Crippen MR) is 35.6 cm³/mol. The van der Waals surface area contributed by atoms with E-state index in [9.17, 15) is 0 Å². The van der Waals surface area contributed by atoms with Crippen LogP contribution in [0.4, 0.5) is 0 Å². The maximum Gasteiger partial charge on any atom is 0.206 e. The monoisotopic (exact) mass is 143 g/mol. The van der Waals surface area contributed by atoms with Gasteiger partial charge in [0.25, 0.3) is 0 Å². The van der Waals surface area contributed by atoms with Crippen molar-refractivity contribution < 1.29 is 10.2 Å². The second-order valence-electron chi connectivity index (χ2n) is 2.07. The highest BCUT2D eigenvalue weighted by Crippen LogP contribution is 1.74. The normalized spacial score (nSPS) is 9.00. The third-order valence-electron chi connectivity index (χ3n) is 1.30. The molecule has 0 amide bonds. The molecule has 0 fully saturated rings. The second kappa shape index (κ2) is 4.00. The first-order chi connectivity index (χ1) is 4.34. The Morgan fingerprint density at radius 3 is 2.70 bits per heavy atom. The molecule has 0 bridgehead atoms. The molecule has 0 aliphatic heterocycles. The Hall–Kier alpha value is -0.900. The molecule has 1 heterocycles. The van der Waals surface area contributed by atoms with Gasteiger partial charge >= 0.3 is 0 Å². The molecule has 0 radical (unpaired) electrons. The Morgan fingerprint density at radius 2 is 2.30 bits per heavy atom. The Morgan fingerprint density at radius 1 is 1.60 bits per heavy atom. The summed E-state index contributed by atoms with van der Waals surface area (Å²) in [5, 5.41) is 4.01. The van der Waals surface area contributed by atoms with Crippen molar-refractivity contribution in [1.29, 1.82) is 0 Å². The van der Waals surface area contributed by atoms with E-state index in [4.69, 9.17) is 0 Å². The van der Waals surface area contributed by atoms with Crippen molar-refractivity contribution >= 4 is 0 Å². The summed E-state index contributed by atoms with van der Waals surface area (Å²) in [6.45, 7) is 3.20. The van der Waals surface area contributed by atoms with Gasteiger partial charge in [-0.15, -0.1) is 0 Å². The standard InChI is InChI=1S/C6H12N3.H2O/c1-3-5-9-6-4-7-8(9)2;/h4,6H,3,5H2,1-2H3;1H2/q+1;/p-1. The van der Waals surface area contributed by atoms with E-state index >= 15 is 0 Å². The minimum absolute atomic E-state index is 0. The summed E-state index contributed by atoms with van der Waals surface area (Å²) in [7, 11) is 1.94. The van der Waals surface area contributed by atoms with E-state index in [1.807, 2.05) is 18.0 Å². The summed E-state index contributed by atoms with van der Waals surface area (Å²) in [6, 6.07) is 0. The molecule has 0 saturated heterocycles. The maximum atomic E-state index is 4.01. The van der Waals surface area contributed by atoms with E-state index in [1.54, 1.807) is 6.20 Å². The van der Waals surface area contributed by atoms with Gasteiger partial charge in [-0.3, -0.25) is 0 Å². The molecule has 0 aromatic carbocycles. The van der Waals surface area contributed by atoms with Crippen LogP contribution in [0.2, 0.25) is 0 Å². The van der Waals surface area contributed by atoms with Gasteiger partial charge in [-0.2, -0.15) is 4.68 Å². The zero-order valence-electron chi connectivity index (χ0n) is 6.36. The van der Waals surface area contributed by atoms with Gasteiger partial charge in [0.2, 0.25) is 6.20 Å². The van der Waals surface area contributed by atoms with E-state index < -0.39 is 0 Å². The number of aryl methyl sites for hydroxylation is 2. The summed E-state index contributed by atoms with van der Waals surface area (Å²) >= 11 is 0. The van der Waals surface area contributed by atoms with Crippen LogP contribution in [0.3, 0.4) is 0 Å². The van der Waals surface area contributed by atoms with Crippen molar-refractivity contribution in [3.8, 4) is 0 Å². The van der Waals surface area contributed by atoms with Crippen molar-refractivity contribution in [1.82, 2.24) is 9.90 Å². The highest BCUT2D eigenvalue weighted by atomic mass is 16.0. The smallest absolute Gasteiger partial charge is 0.206 e. The first-order valence-electron chi connectivity index (χ1n) is 3.22. The number of hydrogen-bond donors (Lipinski definition) is 0. The van der Waals surface area contributed by atoms with Crippen LogP contribution in [0.15, 0.2) is 12.4 Å². The summed E-state index contributed by atoms with van der Waals surface area (Å²) in [5.74, 6) is 0. The lowest BCUT2D eigenvalue weighted by Crippen LogP contribution is -2.41. The molecule has 0 unspecified atom stereocenters. The van der Waals surface area contributed by atoms with Gasteiger partial charge in [0.05, 0.1) is 7.05 Å². The van der Waals surface area contributed by atoms with E-state index in [0.29, 0.717) is 0 Å². The van der Waals surface area contributed by atoms with Gasteiger partial charge in [-0.1, -0.05) is 6.92 Å². The molecule has 10 heavy (non-hydrogen) atoms. The van der Waals surface area contributed by atoms with Crippen LogP contribution in [0.5, 0.6) is 0 Å². The highest BCUT2D eigenvalue weighted by molar-refractivity contribution is 4.49. The first kappa shape index (κ1) is 9.10. The average Bonchev–Trinajstić information content (AvgIpc) is 2.18. The van der Waals surface area contributed by atoms with Crippen LogP contribution in [0.25, 0.3) is 0 Å². The lowest BCUT2D eigenvalue weighted by atomic mass is 10.5. The lowest BCUT2D eigenvalue weighted by Gasteiger charge is -1.91. The van der Waals surface area contributed by atoms with E-state index in [-0.39, 0.29) is 5.48 Å². The molecule has 0 aliphatic carbocycles. The Balaban J connectivity index is 0.000000810. The molecule has 0 atom stereocenters. The zero-order chi connectivity index (χ0) is 6.69. The molecule has 0 aliphatic rings. The van der Waals surface area contributed by atoms with Crippen LogP contribution in [0, 0.1) is 0 Å². The maximum absolute atomic E-state index is 4.01. The molecule has 4 nitrogen and oxygen atoms in total. The number of aromatic nitrogens is 3. The molecular formula is C6H13N3O. The molecule has 0 saturated carbocycles. The van der Waals surface area contributed by atoms with Gasteiger partial charge in [-0.25, -0.2) is 0 Å². The predicted octanol–water partition coefficient (Wildman–Crippen LogP) is -0.0592. The zero-order valence-corrected chi connectivity index (χ0v) is 6.36. The minimum Gasteiger partial charge on any atom is -0.870 e. The topological polar surface area (TPSA) is 51.7 Å². The van der Waals surface area contributed by atoms with Gasteiger partial charge in [-0.05, 0) is 11.2 Å². The van der Waals surface area contributed by atoms with Gasteiger partial charge in [0, 0.05) is 5.10 Å². The fourth-order valence-corrected chi connectivity index (χ4v) is 0.814. The largest absolute Gasteiger partial charge is 0.870 e.